The summed E-state index contributed by atoms with van der Waals surface area (Å²) in [6.45, 7) is 5.83. The molecule has 0 radical (unpaired) electrons. The largest absolute Gasteiger partial charge is 0.494 e. The summed E-state index contributed by atoms with van der Waals surface area (Å²) >= 11 is 0. The Morgan fingerprint density at radius 3 is 2.70 bits per heavy atom. The fourth-order valence-electron chi connectivity index (χ4n) is 3.42. The Kier molecular flexibility index (Phi) is 7.33. The molecule has 1 saturated heterocycles. The van der Waals surface area contributed by atoms with Gasteiger partial charge in [-0.2, -0.15) is 0 Å². The van der Waals surface area contributed by atoms with Crippen molar-refractivity contribution in [3.05, 3.63) is 54.0 Å². The molecule has 0 atom stereocenters. The minimum atomic E-state index is -3.59. The highest BCUT2D eigenvalue weighted by atomic mass is 32.2. The van der Waals surface area contributed by atoms with Crippen molar-refractivity contribution in [2.24, 2.45) is 5.92 Å². The Morgan fingerprint density at radius 1 is 1.30 bits per heavy atom. The van der Waals surface area contributed by atoms with E-state index < -0.39 is 10.0 Å². The third-order valence-corrected chi connectivity index (χ3v) is 6.60. The van der Waals surface area contributed by atoms with Gasteiger partial charge in [0, 0.05) is 25.7 Å². The van der Waals surface area contributed by atoms with E-state index in [9.17, 15) is 13.2 Å². The van der Waals surface area contributed by atoms with Crippen LogP contribution in [0.1, 0.15) is 31.1 Å². The van der Waals surface area contributed by atoms with E-state index >= 15 is 0 Å². The van der Waals surface area contributed by atoms with E-state index in [0.717, 1.165) is 18.4 Å². The van der Waals surface area contributed by atoms with Crippen LogP contribution in [0.4, 0.5) is 0 Å². The molecule has 1 aromatic heterocycles. The van der Waals surface area contributed by atoms with Gasteiger partial charge in [0.25, 0.3) is 0 Å². The number of nitrogens with zero attached hydrogens (tertiary/aromatic N) is 1. The molecule has 1 aliphatic heterocycles. The van der Waals surface area contributed by atoms with Crippen LogP contribution in [-0.4, -0.2) is 45.5 Å². The summed E-state index contributed by atoms with van der Waals surface area (Å²) in [6, 6.07) is 8.43. The smallest absolute Gasteiger partial charge is 0.246 e. The fourth-order valence-corrected chi connectivity index (χ4v) is 4.62. The molecule has 7 nitrogen and oxygen atoms in total. The summed E-state index contributed by atoms with van der Waals surface area (Å²) in [6.07, 6.45) is 6.24. The number of hydrogen-bond acceptors (Lipinski definition) is 5. The van der Waals surface area contributed by atoms with Gasteiger partial charge in [-0.1, -0.05) is 0 Å². The van der Waals surface area contributed by atoms with E-state index in [4.69, 9.17) is 9.15 Å². The minimum Gasteiger partial charge on any atom is -0.494 e. The molecule has 1 N–H and O–H groups in total. The van der Waals surface area contributed by atoms with Crippen LogP contribution in [0.15, 0.2) is 52.0 Å². The zero-order chi connectivity index (χ0) is 21.6. The van der Waals surface area contributed by atoms with Crippen LogP contribution in [0.25, 0.3) is 6.08 Å². The topological polar surface area (TPSA) is 88.9 Å². The molecule has 2 heterocycles. The predicted octanol–water partition coefficient (Wildman–Crippen LogP) is 3.22. The molecule has 1 aliphatic rings. The minimum absolute atomic E-state index is 0.0599. The van der Waals surface area contributed by atoms with Crippen molar-refractivity contribution in [3.63, 3.8) is 0 Å². The van der Waals surface area contributed by atoms with Crippen molar-refractivity contribution < 1.29 is 22.4 Å². The zero-order valence-corrected chi connectivity index (χ0v) is 18.2. The highest BCUT2D eigenvalue weighted by molar-refractivity contribution is 7.89. The van der Waals surface area contributed by atoms with Crippen molar-refractivity contribution in [1.29, 1.82) is 0 Å². The SMILES string of the molecule is CCOc1ccc(S(=O)(=O)NCC2CCN(C(=O)/C=C/c3ccco3)CC2)cc1C. The summed E-state index contributed by atoms with van der Waals surface area (Å²) in [5.74, 6) is 1.46. The Hall–Kier alpha value is -2.58. The van der Waals surface area contributed by atoms with Crippen LogP contribution in [0.3, 0.4) is 0 Å². The maximum Gasteiger partial charge on any atom is 0.246 e. The first-order valence-electron chi connectivity index (χ1n) is 10.1. The quantitative estimate of drug-likeness (QED) is 0.647. The number of carbonyl (C=O) groups is 1. The molecule has 0 bridgehead atoms. The van der Waals surface area contributed by atoms with Gasteiger partial charge < -0.3 is 14.1 Å². The number of ether oxygens (including phenoxy) is 1. The van der Waals surface area contributed by atoms with E-state index in [0.29, 0.717) is 37.8 Å². The molecule has 2 aromatic rings. The monoisotopic (exact) mass is 432 g/mol. The third-order valence-electron chi connectivity index (χ3n) is 5.18. The highest BCUT2D eigenvalue weighted by Crippen LogP contribution is 2.23. The standard InChI is InChI=1S/C22H28N2O5S/c1-3-28-21-8-7-20(15-17(21)2)30(26,27)23-16-18-10-12-24(13-11-18)22(25)9-6-19-5-4-14-29-19/h4-9,14-15,18,23H,3,10-13,16H2,1-2H3/b9-6+. The van der Waals surface area contributed by atoms with Crippen molar-refractivity contribution in [2.45, 2.75) is 31.6 Å². The van der Waals surface area contributed by atoms with Gasteiger partial charge in [-0.25, -0.2) is 13.1 Å². The van der Waals surface area contributed by atoms with Crippen LogP contribution < -0.4 is 9.46 Å². The normalized spacial score (nSPS) is 15.6. The lowest BCUT2D eigenvalue weighted by molar-refractivity contribution is -0.127. The first-order chi connectivity index (χ1) is 14.4. The van der Waals surface area contributed by atoms with Gasteiger partial charge in [-0.05, 0) is 74.6 Å². The number of likely N-dealkylation sites (tertiary alicyclic amines) is 1. The number of sulfonamides is 1. The van der Waals surface area contributed by atoms with Crippen LogP contribution >= 0.6 is 0 Å². The Morgan fingerprint density at radius 2 is 2.07 bits per heavy atom. The van der Waals surface area contributed by atoms with Crippen LogP contribution in [-0.2, 0) is 14.8 Å². The first kappa shape index (κ1) is 22.1. The van der Waals surface area contributed by atoms with Gasteiger partial charge in [0.1, 0.15) is 11.5 Å². The summed E-state index contributed by atoms with van der Waals surface area (Å²) in [5, 5.41) is 0. The highest BCUT2D eigenvalue weighted by Gasteiger charge is 2.24. The van der Waals surface area contributed by atoms with Gasteiger partial charge >= 0.3 is 0 Å². The molecule has 30 heavy (non-hydrogen) atoms. The number of rotatable bonds is 8. The number of nitrogens with one attached hydrogen (secondary N) is 1. The second-order valence-electron chi connectivity index (χ2n) is 7.33. The third kappa shape index (κ3) is 5.73. The van der Waals surface area contributed by atoms with Crippen LogP contribution in [0, 0.1) is 12.8 Å². The van der Waals surface area contributed by atoms with E-state index in [-0.39, 0.29) is 16.7 Å². The van der Waals surface area contributed by atoms with Crippen LogP contribution in [0.5, 0.6) is 5.75 Å². The Bertz CT molecular complexity index is 975. The fraction of sp³-hybridized carbons (Fsp3) is 0.409. The second-order valence-corrected chi connectivity index (χ2v) is 9.10. The van der Waals surface area contributed by atoms with E-state index in [1.807, 2.05) is 13.8 Å². The number of carbonyl (C=O) groups excluding carboxylic acids is 1. The number of aryl methyl sites for hydroxylation is 1. The lowest BCUT2D eigenvalue weighted by Gasteiger charge is -2.31. The lowest BCUT2D eigenvalue weighted by atomic mass is 9.97. The molecule has 0 spiro atoms. The molecule has 1 fully saturated rings. The molecule has 1 amide bonds. The average Bonchev–Trinajstić information content (AvgIpc) is 3.26. The summed E-state index contributed by atoms with van der Waals surface area (Å²) in [7, 11) is -3.59. The van der Waals surface area contributed by atoms with Gasteiger partial charge in [-0.3, -0.25) is 4.79 Å². The molecule has 0 unspecified atom stereocenters. The zero-order valence-electron chi connectivity index (χ0n) is 17.3. The summed E-state index contributed by atoms with van der Waals surface area (Å²) in [4.78, 5) is 14.3. The molecule has 0 aliphatic carbocycles. The molecule has 0 saturated carbocycles. The number of hydrogen-bond donors (Lipinski definition) is 1. The van der Waals surface area contributed by atoms with Gasteiger partial charge in [0.05, 0.1) is 17.8 Å². The van der Waals surface area contributed by atoms with Gasteiger partial charge in [0.15, 0.2) is 0 Å². The molecular formula is C22H28N2O5S. The molecule has 1 aromatic carbocycles. The van der Waals surface area contributed by atoms with Crippen LogP contribution in [0.2, 0.25) is 0 Å². The van der Waals surface area contributed by atoms with E-state index in [1.165, 1.54) is 6.08 Å². The second kappa shape index (κ2) is 9.95. The van der Waals surface area contributed by atoms with Gasteiger partial charge in [-0.15, -0.1) is 0 Å². The van der Waals surface area contributed by atoms with Crippen molar-refractivity contribution in [2.75, 3.05) is 26.2 Å². The van der Waals surface area contributed by atoms with E-state index in [2.05, 4.69) is 4.72 Å². The molecule has 8 heteroatoms. The van der Waals surface area contributed by atoms with Crippen molar-refractivity contribution in [1.82, 2.24) is 9.62 Å². The number of piperidine rings is 1. The predicted molar refractivity (Wildman–Crippen MR) is 115 cm³/mol. The Balaban J connectivity index is 1.49. The average molecular weight is 433 g/mol. The number of benzene rings is 1. The molecule has 162 valence electrons. The molecule has 3 rings (SSSR count). The molecular weight excluding hydrogens is 404 g/mol. The Labute approximate surface area is 177 Å². The number of amides is 1. The summed E-state index contributed by atoms with van der Waals surface area (Å²) in [5.41, 5.74) is 0.786. The van der Waals surface area contributed by atoms with E-state index in [1.54, 1.807) is 47.6 Å². The maximum atomic E-state index is 12.6. The van der Waals surface area contributed by atoms with Crippen molar-refractivity contribution in [3.8, 4) is 5.75 Å². The maximum absolute atomic E-state index is 12.6. The summed E-state index contributed by atoms with van der Waals surface area (Å²) < 4.78 is 38.6. The first-order valence-corrected chi connectivity index (χ1v) is 11.6. The van der Waals surface area contributed by atoms with Gasteiger partial charge in [0.2, 0.25) is 15.9 Å². The lowest BCUT2D eigenvalue weighted by Crippen LogP contribution is -2.40. The van der Waals surface area contributed by atoms with Crippen molar-refractivity contribution >= 4 is 22.0 Å². The number of furan rings is 1.